The first kappa shape index (κ1) is 18.8. The van der Waals surface area contributed by atoms with E-state index in [1.807, 2.05) is 0 Å². The third kappa shape index (κ3) is 4.99. The summed E-state index contributed by atoms with van der Waals surface area (Å²) in [6, 6.07) is 17.5. The van der Waals surface area contributed by atoms with Crippen LogP contribution < -0.4 is 0 Å². The lowest BCUT2D eigenvalue weighted by Gasteiger charge is -2.34. The van der Waals surface area contributed by atoms with Gasteiger partial charge in [-0.1, -0.05) is 60.7 Å². The Morgan fingerprint density at radius 3 is 1.54 bits per heavy atom. The first-order valence-corrected chi connectivity index (χ1v) is 10.7. The van der Waals surface area contributed by atoms with Crippen molar-refractivity contribution in [2.75, 3.05) is 6.26 Å². The van der Waals surface area contributed by atoms with Crippen LogP contribution in [0.25, 0.3) is 0 Å². The monoisotopic (exact) mass is 378 g/mol. The minimum Gasteiger partial charge on any atom is -0.213 e. The highest BCUT2D eigenvalue weighted by Gasteiger charge is 2.50. The van der Waals surface area contributed by atoms with Gasteiger partial charge in [0, 0.05) is 11.5 Å². The molecule has 132 valence electrons. The smallest absolute Gasteiger partial charge is 0.213 e. The molecular formula is C16H17F3O3S2. The van der Waals surface area contributed by atoms with Gasteiger partial charge in [0.2, 0.25) is 0 Å². The molecule has 8 heteroatoms. The minimum atomic E-state index is -5.66. The molecular weight excluding hydrogens is 361 g/mol. The summed E-state index contributed by atoms with van der Waals surface area (Å²) in [6.45, 7) is 0. The molecule has 2 aromatic carbocycles. The highest BCUT2D eigenvalue weighted by Crippen LogP contribution is 2.54. The van der Waals surface area contributed by atoms with Crippen molar-refractivity contribution in [1.82, 2.24) is 0 Å². The highest BCUT2D eigenvalue weighted by molar-refractivity contribution is 8.31. The molecule has 0 heterocycles. The molecule has 0 aliphatic carbocycles. The van der Waals surface area contributed by atoms with Crippen LogP contribution in [0.15, 0.2) is 60.7 Å². The fraction of sp³-hybridized carbons (Fsp3) is 0.250. The lowest BCUT2D eigenvalue weighted by Crippen LogP contribution is -2.27. The molecule has 0 unspecified atom stereocenters. The van der Waals surface area contributed by atoms with Crippen molar-refractivity contribution < 1.29 is 25.2 Å². The predicted molar refractivity (Wildman–Crippen MR) is 89.9 cm³/mol. The summed E-state index contributed by atoms with van der Waals surface area (Å²) >= 11 is 0. The van der Waals surface area contributed by atoms with E-state index in [0.717, 1.165) is 11.1 Å². The van der Waals surface area contributed by atoms with Crippen molar-refractivity contribution in [2.45, 2.75) is 17.0 Å². The van der Waals surface area contributed by atoms with Gasteiger partial charge in [-0.15, -0.1) is 10.3 Å². The molecule has 24 heavy (non-hydrogen) atoms. The zero-order valence-electron chi connectivity index (χ0n) is 12.9. The van der Waals surface area contributed by atoms with E-state index >= 15 is 0 Å². The average Bonchev–Trinajstić information content (AvgIpc) is 2.47. The van der Waals surface area contributed by atoms with Gasteiger partial charge >= 0.3 is 15.6 Å². The summed E-state index contributed by atoms with van der Waals surface area (Å²) in [5.74, 6) is 0.218. The SMILES string of the molecule is CS(Cc1ccccc1)(Cc1ccccc1)OS(=O)(=O)C(F)(F)F. The third-order valence-electron chi connectivity index (χ3n) is 3.17. The summed E-state index contributed by atoms with van der Waals surface area (Å²) in [6.07, 6.45) is 1.45. The Morgan fingerprint density at radius 2 is 1.21 bits per heavy atom. The van der Waals surface area contributed by atoms with Crippen LogP contribution >= 0.6 is 10.3 Å². The summed E-state index contributed by atoms with van der Waals surface area (Å²) in [5, 5.41) is 0. The largest absolute Gasteiger partial charge is 0.523 e. The Morgan fingerprint density at radius 1 is 0.833 bits per heavy atom. The van der Waals surface area contributed by atoms with Gasteiger partial charge in [0.1, 0.15) is 0 Å². The van der Waals surface area contributed by atoms with E-state index < -0.39 is 25.9 Å². The maximum atomic E-state index is 12.7. The lowest BCUT2D eigenvalue weighted by atomic mass is 10.2. The van der Waals surface area contributed by atoms with Crippen molar-refractivity contribution in [3.8, 4) is 0 Å². The molecule has 2 rings (SSSR count). The molecule has 0 aliphatic rings. The van der Waals surface area contributed by atoms with E-state index in [9.17, 15) is 21.6 Å². The first-order chi connectivity index (χ1) is 11.1. The summed E-state index contributed by atoms with van der Waals surface area (Å²) in [5.41, 5.74) is -3.99. The van der Waals surface area contributed by atoms with Crippen LogP contribution in [0.3, 0.4) is 0 Å². The number of rotatable bonds is 6. The van der Waals surface area contributed by atoms with Crippen molar-refractivity contribution in [2.24, 2.45) is 0 Å². The zero-order valence-corrected chi connectivity index (χ0v) is 14.5. The molecule has 0 radical (unpaired) electrons. The molecule has 0 atom stereocenters. The Labute approximate surface area is 141 Å². The molecule has 3 nitrogen and oxygen atoms in total. The van der Waals surface area contributed by atoms with Crippen LogP contribution in [0.4, 0.5) is 13.2 Å². The number of benzene rings is 2. The van der Waals surface area contributed by atoms with Crippen LogP contribution in [-0.2, 0) is 25.3 Å². The maximum absolute atomic E-state index is 12.7. The standard InChI is InChI=1S/C16H17F3O3S2/c1-23(12-14-8-4-2-5-9-14,13-15-10-6-3-7-11-15)22-24(20,21)16(17,18)19/h2-11H,12-13H2,1H3. The Hall–Kier alpha value is -1.51. The molecule has 0 N–H and O–H groups in total. The van der Waals surface area contributed by atoms with Crippen LogP contribution in [0.2, 0.25) is 0 Å². The molecule has 0 spiro atoms. The second-order valence-corrected chi connectivity index (χ2v) is 10.3. The number of halogens is 3. The van der Waals surface area contributed by atoms with E-state index in [1.54, 1.807) is 60.7 Å². The molecule has 2 aromatic rings. The topological polar surface area (TPSA) is 43.4 Å². The molecule has 0 fully saturated rings. The van der Waals surface area contributed by atoms with Crippen molar-refractivity contribution in [1.29, 1.82) is 0 Å². The average molecular weight is 378 g/mol. The Balaban J connectivity index is 2.33. The molecule has 0 bridgehead atoms. The Kier molecular flexibility index (Phi) is 5.62. The molecule has 0 aromatic heterocycles. The van der Waals surface area contributed by atoms with E-state index in [4.69, 9.17) is 3.63 Å². The summed E-state index contributed by atoms with van der Waals surface area (Å²) in [7, 11) is -8.25. The maximum Gasteiger partial charge on any atom is 0.523 e. The fourth-order valence-corrected chi connectivity index (χ4v) is 6.53. The van der Waals surface area contributed by atoms with E-state index in [-0.39, 0.29) is 11.5 Å². The molecule has 0 saturated carbocycles. The van der Waals surface area contributed by atoms with Gasteiger partial charge in [0.15, 0.2) is 0 Å². The van der Waals surface area contributed by atoms with Gasteiger partial charge in [-0.2, -0.15) is 21.6 Å². The first-order valence-electron chi connectivity index (χ1n) is 6.95. The molecule has 0 saturated heterocycles. The van der Waals surface area contributed by atoms with Crippen molar-refractivity contribution in [3.05, 3.63) is 71.8 Å². The fourth-order valence-electron chi connectivity index (χ4n) is 2.21. The second-order valence-electron chi connectivity index (χ2n) is 5.41. The number of hydrogen-bond acceptors (Lipinski definition) is 3. The summed E-state index contributed by atoms with van der Waals surface area (Å²) < 4.78 is 66.0. The van der Waals surface area contributed by atoms with Crippen LogP contribution in [0, 0.1) is 0 Å². The zero-order chi connectivity index (χ0) is 17.8. The van der Waals surface area contributed by atoms with Gasteiger partial charge in [-0.25, -0.2) is 3.63 Å². The van der Waals surface area contributed by atoms with E-state index in [0.29, 0.717) is 0 Å². The van der Waals surface area contributed by atoms with Gasteiger partial charge < -0.3 is 0 Å². The van der Waals surface area contributed by atoms with Gasteiger partial charge in [-0.3, -0.25) is 0 Å². The van der Waals surface area contributed by atoms with Gasteiger partial charge in [0.05, 0.1) is 0 Å². The van der Waals surface area contributed by atoms with Crippen LogP contribution in [0.5, 0.6) is 0 Å². The van der Waals surface area contributed by atoms with E-state index in [1.165, 1.54) is 6.26 Å². The summed E-state index contributed by atoms with van der Waals surface area (Å²) in [4.78, 5) is 0. The van der Waals surface area contributed by atoms with E-state index in [2.05, 4.69) is 0 Å². The number of alkyl halides is 3. The van der Waals surface area contributed by atoms with Gasteiger partial charge in [-0.05, 0) is 17.4 Å². The minimum absolute atomic E-state index is 0.109. The van der Waals surface area contributed by atoms with Crippen LogP contribution in [-0.4, -0.2) is 20.2 Å². The van der Waals surface area contributed by atoms with Crippen LogP contribution in [0.1, 0.15) is 11.1 Å². The molecule has 0 amide bonds. The van der Waals surface area contributed by atoms with Gasteiger partial charge in [0.25, 0.3) is 0 Å². The normalized spacial score (nSPS) is 13.7. The quantitative estimate of drug-likeness (QED) is 0.690. The third-order valence-corrected chi connectivity index (χ3v) is 7.65. The number of hydrogen-bond donors (Lipinski definition) is 0. The predicted octanol–water partition coefficient (Wildman–Crippen LogP) is 4.60. The van der Waals surface area contributed by atoms with Crippen molar-refractivity contribution in [3.63, 3.8) is 0 Å². The molecule has 0 aliphatic heterocycles. The highest BCUT2D eigenvalue weighted by atomic mass is 32.3. The second kappa shape index (κ2) is 7.16. The van der Waals surface area contributed by atoms with Crippen molar-refractivity contribution >= 4 is 20.4 Å². The Bertz CT molecular complexity index is 719. The lowest BCUT2D eigenvalue weighted by molar-refractivity contribution is -0.0496.